The summed E-state index contributed by atoms with van der Waals surface area (Å²) in [5.41, 5.74) is 3.25. The highest BCUT2D eigenvalue weighted by Crippen LogP contribution is 2.42. The maximum Gasteiger partial charge on any atom is 0.257 e. The van der Waals surface area contributed by atoms with Gasteiger partial charge in [-0.05, 0) is 42.2 Å². The Hall–Kier alpha value is -2.94. The van der Waals surface area contributed by atoms with Gasteiger partial charge in [-0.15, -0.1) is 0 Å². The van der Waals surface area contributed by atoms with Crippen LogP contribution in [-0.4, -0.2) is 38.7 Å². The fraction of sp³-hybridized carbons (Fsp3) is 0.429. The molecule has 0 spiro atoms. The zero-order valence-corrected chi connectivity index (χ0v) is 15.7. The molecule has 1 unspecified atom stereocenters. The molecule has 4 rings (SSSR count). The lowest BCUT2D eigenvalue weighted by Gasteiger charge is -2.41. The zero-order chi connectivity index (χ0) is 19.0. The third-order valence-corrected chi connectivity index (χ3v) is 5.69. The minimum atomic E-state index is 0.0510. The number of aryl methyl sites for hydroxylation is 1. The van der Waals surface area contributed by atoms with Crippen LogP contribution in [0.25, 0.3) is 5.57 Å². The molecule has 3 atom stereocenters. The third kappa shape index (κ3) is 3.25. The summed E-state index contributed by atoms with van der Waals surface area (Å²) in [4.78, 5) is 19.4. The second kappa shape index (κ2) is 6.99. The molecular formula is C21H23N5O. The molecule has 0 aromatic carbocycles. The molecule has 6 nitrogen and oxygen atoms in total. The monoisotopic (exact) mass is 361 g/mol. The van der Waals surface area contributed by atoms with Gasteiger partial charge in [0.25, 0.3) is 5.91 Å². The van der Waals surface area contributed by atoms with Crippen molar-refractivity contribution in [2.45, 2.75) is 25.7 Å². The van der Waals surface area contributed by atoms with Gasteiger partial charge >= 0.3 is 0 Å². The molecule has 1 amide bonds. The van der Waals surface area contributed by atoms with Gasteiger partial charge in [-0.2, -0.15) is 10.4 Å². The first-order valence-electron chi connectivity index (χ1n) is 9.40. The van der Waals surface area contributed by atoms with E-state index in [0.29, 0.717) is 23.0 Å². The number of pyridine rings is 1. The summed E-state index contributed by atoms with van der Waals surface area (Å²) in [7, 11) is 1.82. The van der Waals surface area contributed by atoms with Crippen LogP contribution in [0.15, 0.2) is 36.8 Å². The van der Waals surface area contributed by atoms with E-state index in [1.54, 1.807) is 23.3 Å². The Morgan fingerprint density at radius 3 is 2.96 bits per heavy atom. The van der Waals surface area contributed by atoms with Crippen LogP contribution in [-0.2, 0) is 7.05 Å². The molecule has 2 aromatic heterocycles. The van der Waals surface area contributed by atoms with Crippen molar-refractivity contribution in [3.8, 4) is 6.07 Å². The SMILES string of the molecule is C[C@@H]1C[C@H](C2CC=C(C#N)c3ncccc32)CN(C(=O)c2cnn(C)c2)C1. The average molecular weight is 361 g/mol. The zero-order valence-electron chi connectivity index (χ0n) is 15.7. The van der Waals surface area contributed by atoms with E-state index in [4.69, 9.17) is 0 Å². The highest BCUT2D eigenvalue weighted by atomic mass is 16.2. The summed E-state index contributed by atoms with van der Waals surface area (Å²) in [6.45, 7) is 3.71. The van der Waals surface area contributed by atoms with Crippen molar-refractivity contribution in [2.24, 2.45) is 18.9 Å². The van der Waals surface area contributed by atoms with Crippen LogP contribution in [0, 0.1) is 23.2 Å². The van der Waals surface area contributed by atoms with Crippen molar-refractivity contribution in [3.05, 3.63) is 53.6 Å². The molecule has 0 radical (unpaired) electrons. The molecule has 1 fully saturated rings. The van der Waals surface area contributed by atoms with E-state index < -0.39 is 0 Å². The number of likely N-dealkylation sites (tertiary alicyclic amines) is 1. The number of hydrogen-bond donors (Lipinski definition) is 0. The minimum Gasteiger partial charge on any atom is -0.338 e. The lowest BCUT2D eigenvalue weighted by Crippen LogP contribution is -2.45. The van der Waals surface area contributed by atoms with Gasteiger partial charge in [0.15, 0.2) is 0 Å². The van der Waals surface area contributed by atoms with Crippen molar-refractivity contribution in [1.82, 2.24) is 19.7 Å². The van der Waals surface area contributed by atoms with Gasteiger partial charge in [-0.3, -0.25) is 14.5 Å². The van der Waals surface area contributed by atoms with Gasteiger partial charge in [-0.1, -0.05) is 19.1 Å². The molecule has 0 bridgehead atoms. The van der Waals surface area contributed by atoms with Gasteiger partial charge in [0.2, 0.25) is 0 Å². The number of hydrogen-bond acceptors (Lipinski definition) is 4. The van der Waals surface area contributed by atoms with E-state index in [0.717, 1.165) is 37.2 Å². The van der Waals surface area contributed by atoms with E-state index in [1.165, 1.54) is 0 Å². The summed E-state index contributed by atoms with van der Waals surface area (Å²) in [6, 6.07) is 6.30. The molecule has 1 aliphatic heterocycles. The van der Waals surface area contributed by atoms with Crippen molar-refractivity contribution in [3.63, 3.8) is 0 Å². The van der Waals surface area contributed by atoms with Crippen molar-refractivity contribution in [2.75, 3.05) is 13.1 Å². The molecule has 1 saturated heterocycles. The summed E-state index contributed by atoms with van der Waals surface area (Å²) < 4.78 is 1.66. The third-order valence-electron chi connectivity index (χ3n) is 5.69. The number of nitrogens with zero attached hydrogens (tertiary/aromatic N) is 5. The second-order valence-electron chi connectivity index (χ2n) is 7.73. The summed E-state index contributed by atoms with van der Waals surface area (Å²) in [6.07, 6.45) is 9.07. The largest absolute Gasteiger partial charge is 0.338 e. The number of fused-ring (bicyclic) bond motifs is 1. The second-order valence-corrected chi connectivity index (χ2v) is 7.73. The number of allylic oxidation sites excluding steroid dienone is 2. The molecule has 6 heteroatoms. The fourth-order valence-electron chi connectivity index (χ4n) is 4.53. The number of rotatable bonds is 2. The van der Waals surface area contributed by atoms with E-state index >= 15 is 0 Å². The van der Waals surface area contributed by atoms with Gasteiger partial charge in [0.05, 0.1) is 23.0 Å². The molecular weight excluding hydrogens is 338 g/mol. The van der Waals surface area contributed by atoms with Gasteiger partial charge in [0.1, 0.15) is 6.07 Å². The number of carbonyl (C=O) groups is 1. The smallest absolute Gasteiger partial charge is 0.257 e. The highest BCUT2D eigenvalue weighted by Gasteiger charge is 2.36. The predicted octanol–water partition coefficient (Wildman–Crippen LogP) is 3.01. The van der Waals surface area contributed by atoms with Gasteiger partial charge < -0.3 is 4.90 Å². The van der Waals surface area contributed by atoms with E-state index in [9.17, 15) is 10.1 Å². The Labute approximate surface area is 159 Å². The maximum atomic E-state index is 12.9. The number of nitriles is 1. The van der Waals surface area contributed by atoms with Crippen LogP contribution in [0.4, 0.5) is 0 Å². The average Bonchev–Trinajstić information content (AvgIpc) is 3.12. The summed E-state index contributed by atoms with van der Waals surface area (Å²) in [5.74, 6) is 1.13. The molecule has 2 aliphatic rings. The first-order chi connectivity index (χ1) is 13.1. The molecule has 1 aliphatic carbocycles. The Balaban J connectivity index is 1.60. The highest BCUT2D eigenvalue weighted by molar-refractivity contribution is 5.93. The van der Waals surface area contributed by atoms with Gasteiger partial charge in [-0.25, -0.2) is 0 Å². The first-order valence-corrected chi connectivity index (χ1v) is 9.40. The molecule has 2 aromatic rings. The fourth-order valence-corrected chi connectivity index (χ4v) is 4.53. The molecule has 27 heavy (non-hydrogen) atoms. The Kier molecular flexibility index (Phi) is 4.53. The Morgan fingerprint density at radius 1 is 1.37 bits per heavy atom. The molecule has 3 heterocycles. The van der Waals surface area contributed by atoms with Crippen LogP contribution in [0.3, 0.4) is 0 Å². The lowest BCUT2D eigenvalue weighted by atomic mass is 9.73. The quantitative estimate of drug-likeness (QED) is 0.824. The lowest BCUT2D eigenvalue weighted by molar-refractivity contribution is 0.0581. The Bertz CT molecular complexity index is 938. The Morgan fingerprint density at radius 2 is 2.22 bits per heavy atom. The number of aromatic nitrogens is 3. The van der Waals surface area contributed by atoms with Crippen LogP contribution < -0.4 is 0 Å². The number of piperidine rings is 1. The summed E-state index contributed by atoms with van der Waals surface area (Å²) in [5, 5.41) is 13.5. The molecule has 0 N–H and O–H groups in total. The van der Waals surface area contributed by atoms with Crippen molar-refractivity contribution in [1.29, 1.82) is 5.26 Å². The van der Waals surface area contributed by atoms with Crippen molar-refractivity contribution < 1.29 is 4.79 Å². The van der Waals surface area contributed by atoms with E-state index in [1.807, 2.05) is 24.1 Å². The van der Waals surface area contributed by atoms with E-state index in [-0.39, 0.29) is 11.8 Å². The number of carbonyl (C=O) groups excluding carboxylic acids is 1. The predicted molar refractivity (Wildman–Crippen MR) is 102 cm³/mol. The van der Waals surface area contributed by atoms with E-state index in [2.05, 4.69) is 29.1 Å². The normalized spacial score (nSPS) is 24.7. The van der Waals surface area contributed by atoms with Crippen LogP contribution >= 0.6 is 0 Å². The molecule has 0 saturated carbocycles. The first kappa shape index (κ1) is 17.5. The minimum absolute atomic E-state index is 0.0510. The van der Waals surface area contributed by atoms with Crippen LogP contribution in [0.5, 0.6) is 0 Å². The topological polar surface area (TPSA) is 74.8 Å². The van der Waals surface area contributed by atoms with Crippen LogP contribution in [0.1, 0.15) is 47.3 Å². The number of amides is 1. The van der Waals surface area contributed by atoms with Crippen molar-refractivity contribution >= 4 is 11.5 Å². The standard InChI is InChI=1S/C21H23N5O/c1-14-8-16(13-26(11-14)21(27)17-10-24-25(2)12-17)18-6-5-15(9-22)20-19(18)4-3-7-23-20/h3-5,7,10,12,14,16,18H,6,8,11,13H2,1-2H3/t14-,16+,18?/m1/s1. The van der Waals surface area contributed by atoms with Crippen LogP contribution in [0.2, 0.25) is 0 Å². The maximum absolute atomic E-state index is 12.9. The van der Waals surface area contributed by atoms with Gasteiger partial charge in [0, 0.05) is 32.5 Å². The summed E-state index contributed by atoms with van der Waals surface area (Å²) >= 11 is 0. The molecule has 138 valence electrons.